The summed E-state index contributed by atoms with van der Waals surface area (Å²) in [6, 6.07) is 7.08. The van der Waals surface area contributed by atoms with Crippen LogP contribution in [0.1, 0.15) is 29.0 Å². The van der Waals surface area contributed by atoms with Crippen LogP contribution in [-0.4, -0.2) is 63.4 Å². The lowest BCUT2D eigenvalue weighted by Gasteiger charge is -2.29. The number of fused-ring (bicyclic) bond motifs is 1. The third-order valence-electron chi connectivity index (χ3n) is 5.28. The maximum absolute atomic E-state index is 12.6. The van der Waals surface area contributed by atoms with E-state index in [2.05, 4.69) is 64.1 Å². The van der Waals surface area contributed by atoms with E-state index in [1.165, 1.54) is 6.21 Å². The van der Waals surface area contributed by atoms with Crippen LogP contribution in [0, 0.1) is 0 Å². The summed E-state index contributed by atoms with van der Waals surface area (Å²) in [7, 11) is 2.08. The summed E-state index contributed by atoms with van der Waals surface area (Å²) < 4.78 is 0.621. The van der Waals surface area contributed by atoms with Crippen molar-refractivity contribution in [3.8, 4) is 11.5 Å². The first-order valence-corrected chi connectivity index (χ1v) is 11.3. The van der Waals surface area contributed by atoms with Gasteiger partial charge >= 0.3 is 0 Å². The summed E-state index contributed by atoms with van der Waals surface area (Å²) in [5.74, 6) is -0.127. The number of piperidine rings is 1. The van der Waals surface area contributed by atoms with E-state index in [4.69, 9.17) is 0 Å². The van der Waals surface area contributed by atoms with Crippen molar-refractivity contribution in [3.05, 3.63) is 44.6 Å². The van der Waals surface area contributed by atoms with E-state index >= 15 is 0 Å². The van der Waals surface area contributed by atoms with Crippen molar-refractivity contribution in [2.24, 2.45) is 4.99 Å². The van der Waals surface area contributed by atoms with Crippen molar-refractivity contribution in [2.75, 3.05) is 20.1 Å². The molecule has 8 nitrogen and oxygen atoms in total. The lowest BCUT2D eigenvalue weighted by atomic mass is 10.1. The Bertz CT molecular complexity index is 1170. The smallest absolute Gasteiger partial charge is 0.287 e. The number of amides is 1. The van der Waals surface area contributed by atoms with Gasteiger partial charge < -0.3 is 25.4 Å². The molecule has 1 saturated heterocycles. The summed E-state index contributed by atoms with van der Waals surface area (Å²) in [6.07, 6.45) is 3.35. The van der Waals surface area contributed by atoms with Gasteiger partial charge in [0.15, 0.2) is 5.82 Å². The predicted molar refractivity (Wildman–Crippen MR) is 127 cm³/mol. The molecule has 1 amide bonds. The number of phenols is 2. The van der Waals surface area contributed by atoms with Crippen LogP contribution in [0.3, 0.4) is 0 Å². The van der Waals surface area contributed by atoms with Gasteiger partial charge in [0.25, 0.3) is 5.91 Å². The molecule has 3 aromatic rings. The van der Waals surface area contributed by atoms with Crippen LogP contribution in [-0.2, 0) is 0 Å². The highest BCUT2D eigenvalue weighted by atomic mass is 79.9. The average Bonchev–Trinajstić information content (AvgIpc) is 3.19. The number of hydrogen-bond donors (Lipinski definition) is 4. The molecule has 162 valence electrons. The summed E-state index contributed by atoms with van der Waals surface area (Å²) in [5, 5.41) is 23.1. The molecular formula is C21H21Br2N5O3. The van der Waals surface area contributed by atoms with Gasteiger partial charge in [0.2, 0.25) is 0 Å². The van der Waals surface area contributed by atoms with Crippen molar-refractivity contribution in [3.63, 3.8) is 0 Å². The molecule has 0 radical (unpaired) electrons. The first-order chi connectivity index (χ1) is 14.8. The van der Waals surface area contributed by atoms with Gasteiger partial charge in [0.05, 0.1) is 21.2 Å². The summed E-state index contributed by atoms with van der Waals surface area (Å²) in [6.45, 7) is 1.94. The monoisotopic (exact) mass is 549 g/mol. The van der Waals surface area contributed by atoms with Gasteiger partial charge in [-0.25, -0.2) is 4.98 Å². The number of nitrogens with zero attached hydrogens (tertiary/aromatic N) is 3. The van der Waals surface area contributed by atoms with E-state index in [9.17, 15) is 15.0 Å². The molecule has 1 aromatic heterocycles. The number of imidazole rings is 1. The number of nitrogens with one attached hydrogen (secondary N) is 2. The lowest BCUT2D eigenvalue weighted by molar-refractivity contribution is 0.0907. The van der Waals surface area contributed by atoms with E-state index in [-0.39, 0.29) is 33.7 Å². The first-order valence-electron chi connectivity index (χ1n) is 9.75. The SMILES string of the molecule is CN1CCC(NC(=O)c2nc3ccc(N=Cc4cc(Br)c(O)c(Br)c4O)cc3[nH]2)CC1. The summed E-state index contributed by atoms with van der Waals surface area (Å²) in [4.78, 5) is 26.7. The summed E-state index contributed by atoms with van der Waals surface area (Å²) >= 11 is 6.39. The van der Waals surface area contributed by atoms with Crippen LogP contribution in [0.5, 0.6) is 11.5 Å². The number of phenolic OH excluding ortho intramolecular Hbond substituents is 2. The molecule has 0 aliphatic carbocycles. The maximum atomic E-state index is 12.6. The number of rotatable bonds is 4. The van der Waals surface area contributed by atoms with Crippen LogP contribution in [0.25, 0.3) is 11.0 Å². The minimum absolute atomic E-state index is 0.0837. The molecule has 1 fully saturated rings. The highest BCUT2D eigenvalue weighted by Crippen LogP contribution is 2.40. The molecule has 0 saturated carbocycles. The van der Waals surface area contributed by atoms with Gasteiger partial charge in [-0.05, 0) is 89.1 Å². The number of H-pyrrole nitrogens is 1. The molecular weight excluding hydrogens is 530 g/mol. The predicted octanol–water partition coefficient (Wildman–Crippen LogP) is 4.07. The second-order valence-electron chi connectivity index (χ2n) is 7.55. The number of benzene rings is 2. The first kappa shape index (κ1) is 21.8. The van der Waals surface area contributed by atoms with E-state index in [1.54, 1.807) is 24.3 Å². The number of aliphatic imine (C=N–C) groups is 1. The minimum atomic E-state index is -0.209. The Hall–Kier alpha value is -2.43. The van der Waals surface area contributed by atoms with Gasteiger partial charge in [-0.3, -0.25) is 9.79 Å². The van der Waals surface area contributed by atoms with Gasteiger partial charge in [0.1, 0.15) is 16.0 Å². The number of carbonyl (C=O) groups excluding carboxylic acids is 1. The second kappa shape index (κ2) is 8.97. The van der Waals surface area contributed by atoms with Gasteiger partial charge in [-0.2, -0.15) is 0 Å². The molecule has 4 N–H and O–H groups in total. The zero-order chi connectivity index (χ0) is 22.1. The van der Waals surface area contributed by atoms with Crippen LogP contribution in [0.15, 0.2) is 38.2 Å². The Balaban J connectivity index is 1.51. The highest BCUT2D eigenvalue weighted by Gasteiger charge is 2.21. The number of halogens is 2. The van der Waals surface area contributed by atoms with E-state index < -0.39 is 0 Å². The molecule has 31 heavy (non-hydrogen) atoms. The fraction of sp³-hybridized carbons (Fsp3) is 0.286. The van der Waals surface area contributed by atoms with E-state index in [0.29, 0.717) is 26.8 Å². The molecule has 2 heterocycles. The zero-order valence-electron chi connectivity index (χ0n) is 16.7. The van der Waals surface area contributed by atoms with Crippen LogP contribution < -0.4 is 5.32 Å². The van der Waals surface area contributed by atoms with Crippen molar-refractivity contribution < 1.29 is 15.0 Å². The van der Waals surface area contributed by atoms with E-state index in [0.717, 1.165) is 25.9 Å². The average molecular weight is 551 g/mol. The number of aromatic amines is 1. The molecule has 10 heteroatoms. The zero-order valence-corrected chi connectivity index (χ0v) is 19.9. The van der Waals surface area contributed by atoms with Crippen LogP contribution in [0.4, 0.5) is 5.69 Å². The quantitative estimate of drug-likeness (QED) is 0.366. The van der Waals surface area contributed by atoms with Gasteiger partial charge in [-0.1, -0.05) is 0 Å². The van der Waals surface area contributed by atoms with Crippen LogP contribution >= 0.6 is 31.9 Å². The number of carbonyl (C=O) groups is 1. The molecule has 0 spiro atoms. The molecule has 0 atom stereocenters. The topological polar surface area (TPSA) is 114 Å². The maximum Gasteiger partial charge on any atom is 0.287 e. The molecule has 2 aromatic carbocycles. The van der Waals surface area contributed by atoms with Crippen molar-refractivity contribution in [2.45, 2.75) is 18.9 Å². The Morgan fingerprint density at radius 3 is 2.74 bits per heavy atom. The Labute approximate surface area is 195 Å². The van der Waals surface area contributed by atoms with Crippen molar-refractivity contribution in [1.29, 1.82) is 0 Å². The Morgan fingerprint density at radius 1 is 1.26 bits per heavy atom. The largest absolute Gasteiger partial charge is 0.506 e. The minimum Gasteiger partial charge on any atom is -0.506 e. The van der Waals surface area contributed by atoms with E-state index in [1.807, 2.05) is 0 Å². The third-order valence-corrected chi connectivity index (χ3v) is 6.64. The van der Waals surface area contributed by atoms with Crippen molar-refractivity contribution >= 4 is 60.7 Å². The summed E-state index contributed by atoms with van der Waals surface area (Å²) in [5.41, 5.74) is 2.42. The number of hydrogen-bond acceptors (Lipinski definition) is 6. The standard InChI is InChI=1S/C21H21Br2N5O3/c1-28-6-4-12(5-7-28)25-21(31)20-26-15-3-2-13(9-16(15)27-20)24-10-11-8-14(22)19(30)17(23)18(11)29/h2-3,8-10,12,29-30H,4-7H2,1H3,(H,25,31)(H,26,27). The molecule has 4 rings (SSSR count). The lowest BCUT2D eigenvalue weighted by Crippen LogP contribution is -2.43. The normalized spacial score (nSPS) is 15.7. The van der Waals surface area contributed by atoms with Crippen LogP contribution in [0.2, 0.25) is 0 Å². The highest BCUT2D eigenvalue weighted by molar-refractivity contribution is 9.11. The molecule has 0 bridgehead atoms. The van der Waals surface area contributed by atoms with Gasteiger partial charge in [0, 0.05) is 17.8 Å². The third kappa shape index (κ3) is 4.76. The number of aromatic nitrogens is 2. The second-order valence-corrected chi connectivity index (χ2v) is 9.20. The fourth-order valence-electron chi connectivity index (χ4n) is 3.45. The van der Waals surface area contributed by atoms with Gasteiger partial charge in [-0.15, -0.1) is 0 Å². The number of likely N-dealkylation sites (tertiary alicyclic amines) is 1. The number of aromatic hydroxyl groups is 2. The molecule has 1 aliphatic heterocycles. The van der Waals surface area contributed by atoms with Crippen molar-refractivity contribution in [1.82, 2.24) is 20.2 Å². The fourth-order valence-corrected chi connectivity index (χ4v) is 4.60. The molecule has 0 unspecified atom stereocenters. The molecule has 1 aliphatic rings. The Kier molecular flexibility index (Phi) is 6.31. The Morgan fingerprint density at radius 2 is 2.00 bits per heavy atom.